The highest BCUT2D eigenvalue weighted by Crippen LogP contribution is 2.28. The quantitative estimate of drug-likeness (QED) is 0.400. The molecule has 1 aliphatic rings. The van der Waals surface area contributed by atoms with Crippen LogP contribution in [0, 0.1) is 5.92 Å². The minimum Gasteiger partial charge on any atom is -0.490 e. The number of benzene rings is 2. The van der Waals surface area contributed by atoms with Gasteiger partial charge in [0.15, 0.2) is 0 Å². The molecule has 1 aliphatic heterocycles. The van der Waals surface area contributed by atoms with Crippen LogP contribution in [-0.4, -0.2) is 110 Å². The van der Waals surface area contributed by atoms with Crippen molar-refractivity contribution in [1.29, 1.82) is 0 Å². The Bertz CT molecular complexity index is 1240. The number of likely N-dealkylation sites (N-methyl/N-ethyl adjacent to an activating group) is 1. The van der Waals surface area contributed by atoms with Crippen LogP contribution in [0.25, 0.3) is 0 Å². The average molecular weight is 625 g/mol. The highest BCUT2D eigenvalue weighted by Gasteiger charge is 2.31. The normalized spacial score (nSPS) is 20.5. The molecule has 2 N–H and O–H groups in total. The van der Waals surface area contributed by atoms with Crippen LogP contribution < -0.4 is 10.1 Å². The zero-order valence-corrected chi connectivity index (χ0v) is 27.8. The highest BCUT2D eigenvalue weighted by atomic mass is 16.5. The molecule has 0 saturated carbocycles. The number of fused-ring (bicyclic) bond motifs is 1. The summed E-state index contributed by atoms with van der Waals surface area (Å²) < 4.78 is 12.7. The molecule has 0 aromatic heterocycles. The van der Waals surface area contributed by atoms with Crippen molar-refractivity contribution in [3.63, 3.8) is 0 Å². The first-order valence-electron chi connectivity index (χ1n) is 16.1. The summed E-state index contributed by atoms with van der Waals surface area (Å²) in [6.07, 6.45) is 3.06. The van der Waals surface area contributed by atoms with Crippen molar-refractivity contribution in [1.82, 2.24) is 14.7 Å². The van der Waals surface area contributed by atoms with Crippen molar-refractivity contribution >= 4 is 23.4 Å². The van der Waals surface area contributed by atoms with E-state index in [4.69, 9.17) is 9.47 Å². The number of rotatable bonds is 10. The van der Waals surface area contributed by atoms with E-state index in [1.807, 2.05) is 51.0 Å². The Labute approximate surface area is 268 Å². The van der Waals surface area contributed by atoms with Crippen molar-refractivity contribution in [3.05, 3.63) is 59.7 Å². The molecule has 10 nitrogen and oxygen atoms in total. The summed E-state index contributed by atoms with van der Waals surface area (Å²) in [6.45, 7) is 7.51. The third kappa shape index (κ3) is 11.1. The molecular formula is C35H52N4O6. The fraction of sp³-hybridized carbons (Fsp3) is 0.571. The summed E-state index contributed by atoms with van der Waals surface area (Å²) in [6, 6.07) is 13.8. The molecule has 0 unspecified atom stereocenters. The van der Waals surface area contributed by atoms with E-state index >= 15 is 0 Å². The summed E-state index contributed by atoms with van der Waals surface area (Å²) >= 11 is 0. The summed E-state index contributed by atoms with van der Waals surface area (Å²) in [5.74, 6) is -0.251. The largest absolute Gasteiger partial charge is 0.490 e. The minimum atomic E-state index is -0.494. The number of anilines is 1. The maximum absolute atomic E-state index is 14.3. The molecule has 2 aromatic rings. The first-order chi connectivity index (χ1) is 21.5. The molecule has 10 heteroatoms. The van der Waals surface area contributed by atoms with Gasteiger partial charge >= 0.3 is 0 Å². The number of carbonyl (C=O) groups excluding carboxylic acids is 3. The molecule has 0 bridgehead atoms. The van der Waals surface area contributed by atoms with Gasteiger partial charge in [0, 0.05) is 50.3 Å². The van der Waals surface area contributed by atoms with Crippen molar-refractivity contribution in [2.45, 2.75) is 71.1 Å². The maximum Gasteiger partial charge on any atom is 0.258 e. The number of carbonyl (C=O) groups is 3. The Morgan fingerprint density at radius 3 is 2.51 bits per heavy atom. The third-order valence-electron chi connectivity index (χ3n) is 8.17. The average Bonchev–Trinajstić information content (AvgIpc) is 3.02. The third-order valence-corrected chi connectivity index (χ3v) is 8.17. The number of amides is 3. The number of nitrogens with zero attached hydrogens (tertiary/aromatic N) is 3. The number of hydrogen-bond acceptors (Lipinski definition) is 7. The molecule has 0 spiro atoms. The van der Waals surface area contributed by atoms with E-state index in [-0.39, 0.29) is 49.0 Å². The van der Waals surface area contributed by atoms with Crippen LogP contribution in [0.1, 0.15) is 73.6 Å². The second-order valence-electron chi connectivity index (χ2n) is 12.5. The lowest BCUT2D eigenvalue weighted by Gasteiger charge is -2.36. The van der Waals surface area contributed by atoms with Crippen molar-refractivity contribution in [2.75, 3.05) is 59.3 Å². The molecule has 1 heterocycles. The number of nitrogens with one attached hydrogen (secondary N) is 1. The van der Waals surface area contributed by atoms with Gasteiger partial charge in [-0.05, 0) is 90.5 Å². The monoisotopic (exact) mass is 624 g/mol. The zero-order valence-electron chi connectivity index (χ0n) is 27.8. The Hall–Kier alpha value is -3.47. The van der Waals surface area contributed by atoms with Crippen LogP contribution in [0.3, 0.4) is 0 Å². The summed E-state index contributed by atoms with van der Waals surface area (Å²) in [5, 5.41) is 13.1. The molecule has 0 saturated heterocycles. The van der Waals surface area contributed by atoms with E-state index in [0.717, 1.165) is 32.2 Å². The van der Waals surface area contributed by atoms with Gasteiger partial charge in [0.1, 0.15) is 5.75 Å². The van der Waals surface area contributed by atoms with E-state index in [1.165, 1.54) is 0 Å². The zero-order chi connectivity index (χ0) is 32.9. The van der Waals surface area contributed by atoms with Crippen molar-refractivity contribution in [2.24, 2.45) is 5.92 Å². The van der Waals surface area contributed by atoms with Crippen molar-refractivity contribution in [3.8, 4) is 5.75 Å². The molecule has 0 radical (unpaired) electrons. The van der Waals surface area contributed by atoms with E-state index in [1.54, 1.807) is 54.1 Å². The first-order valence-corrected chi connectivity index (χ1v) is 16.1. The number of ether oxygens (including phenoxy) is 2. The lowest BCUT2D eigenvalue weighted by atomic mass is 10.0. The van der Waals surface area contributed by atoms with Gasteiger partial charge in [-0.25, -0.2) is 0 Å². The van der Waals surface area contributed by atoms with E-state index in [9.17, 15) is 19.5 Å². The number of aliphatic hydroxyl groups excluding tert-OH is 1. The van der Waals surface area contributed by atoms with Crippen LogP contribution in [0.5, 0.6) is 5.75 Å². The molecule has 45 heavy (non-hydrogen) atoms. The van der Waals surface area contributed by atoms with Crippen LogP contribution >= 0.6 is 0 Å². The van der Waals surface area contributed by atoms with Gasteiger partial charge in [-0.1, -0.05) is 25.1 Å². The predicted octanol–water partition coefficient (Wildman–Crippen LogP) is 4.53. The molecule has 4 atom stereocenters. The molecule has 2 aromatic carbocycles. The SMILES string of the molecule is C[C@H]1CCCCO[C@H](CN(C)C(=O)c2ccccc2)[C@@H](C)CN([C@@H](C)CO)C(=O)c2cc(NC(=O)CCCN(C)C)ccc2O1. The lowest BCUT2D eigenvalue weighted by molar-refractivity contribution is -0.116. The second kappa shape index (κ2) is 17.9. The Kier molecular flexibility index (Phi) is 14.3. The van der Waals surface area contributed by atoms with E-state index < -0.39 is 6.04 Å². The molecule has 0 fully saturated rings. The first kappa shape index (κ1) is 36.0. The minimum absolute atomic E-state index is 0.0985. The topological polar surface area (TPSA) is 112 Å². The van der Waals surface area contributed by atoms with Gasteiger partial charge < -0.3 is 34.6 Å². The van der Waals surface area contributed by atoms with Crippen LogP contribution in [0.2, 0.25) is 0 Å². The Balaban J connectivity index is 1.89. The van der Waals surface area contributed by atoms with Crippen LogP contribution in [0.4, 0.5) is 5.69 Å². The molecule has 248 valence electrons. The van der Waals surface area contributed by atoms with Gasteiger partial charge in [-0.3, -0.25) is 14.4 Å². The Morgan fingerprint density at radius 2 is 1.82 bits per heavy atom. The summed E-state index contributed by atoms with van der Waals surface area (Å²) in [5.41, 5.74) is 1.44. The summed E-state index contributed by atoms with van der Waals surface area (Å²) in [7, 11) is 5.70. The molecule has 3 rings (SSSR count). The van der Waals surface area contributed by atoms with Gasteiger partial charge in [-0.15, -0.1) is 0 Å². The lowest BCUT2D eigenvalue weighted by Crippen LogP contribution is -2.48. The fourth-order valence-electron chi connectivity index (χ4n) is 5.40. The van der Waals surface area contributed by atoms with Crippen LogP contribution in [0.15, 0.2) is 48.5 Å². The predicted molar refractivity (Wildman–Crippen MR) is 177 cm³/mol. The van der Waals surface area contributed by atoms with Gasteiger partial charge in [0.2, 0.25) is 5.91 Å². The Morgan fingerprint density at radius 1 is 1.09 bits per heavy atom. The fourth-order valence-corrected chi connectivity index (χ4v) is 5.40. The standard InChI is InChI=1S/C35H52N4O6/c1-25-22-39(26(2)24-40)35(43)30-21-29(36-33(41)16-12-19-37(4)5)17-18-31(30)45-27(3)13-10-11-20-44-32(25)23-38(6)34(42)28-14-8-7-9-15-28/h7-9,14-15,17-18,21,25-27,32,40H,10-13,16,19-20,22-24H2,1-6H3,(H,36,41)/t25-,26-,27-,32+/m0/s1. The van der Waals surface area contributed by atoms with E-state index in [2.05, 4.69) is 5.32 Å². The van der Waals surface area contributed by atoms with Gasteiger partial charge in [0.25, 0.3) is 11.8 Å². The molecule has 0 aliphatic carbocycles. The van der Waals surface area contributed by atoms with Crippen molar-refractivity contribution < 1.29 is 29.0 Å². The van der Waals surface area contributed by atoms with E-state index in [0.29, 0.717) is 42.1 Å². The highest BCUT2D eigenvalue weighted by molar-refractivity contribution is 5.99. The second-order valence-corrected chi connectivity index (χ2v) is 12.5. The number of hydrogen-bond donors (Lipinski definition) is 2. The number of aliphatic hydroxyl groups is 1. The molecule has 3 amide bonds. The van der Waals surface area contributed by atoms with Gasteiger partial charge in [0.05, 0.1) is 30.4 Å². The maximum atomic E-state index is 14.3. The van der Waals surface area contributed by atoms with Gasteiger partial charge in [-0.2, -0.15) is 0 Å². The smallest absolute Gasteiger partial charge is 0.258 e. The molecular weight excluding hydrogens is 572 g/mol. The van der Waals surface area contributed by atoms with Crippen LogP contribution in [-0.2, 0) is 9.53 Å². The summed E-state index contributed by atoms with van der Waals surface area (Å²) in [4.78, 5) is 45.4.